The van der Waals surface area contributed by atoms with Crippen LogP contribution in [0.3, 0.4) is 0 Å². The number of carbonyl (C=O) groups is 1. The summed E-state index contributed by atoms with van der Waals surface area (Å²) in [5, 5.41) is 8.68. The number of esters is 1. The molecule has 0 fully saturated rings. The van der Waals surface area contributed by atoms with Crippen molar-refractivity contribution >= 4 is 23.7 Å². The molecule has 1 atom stereocenters. The Morgan fingerprint density at radius 1 is 1.15 bits per heavy atom. The molecule has 7 nitrogen and oxygen atoms in total. The van der Waals surface area contributed by atoms with Crippen LogP contribution in [0.25, 0.3) is 0 Å². The van der Waals surface area contributed by atoms with Crippen LogP contribution in [0.1, 0.15) is 51.3 Å². The largest absolute Gasteiger partial charge is 0.489 e. The molecule has 1 N–H and O–H groups in total. The minimum absolute atomic E-state index is 0.245. The van der Waals surface area contributed by atoms with Crippen LogP contribution in [0, 0.1) is 0 Å². The third kappa shape index (κ3) is 5.28. The topological polar surface area (TPSA) is 78.3 Å². The van der Waals surface area contributed by atoms with Crippen molar-refractivity contribution in [2.24, 2.45) is 0 Å². The molecule has 1 aliphatic heterocycles. The molecule has 0 bridgehead atoms. The average molecular weight is 479 g/mol. The van der Waals surface area contributed by atoms with Gasteiger partial charge in [0.1, 0.15) is 18.4 Å². The Labute approximate surface area is 204 Å². The molecule has 2 heterocycles. The molecule has 4 rings (SSSR count). The van der Waals surface area contributed by atoms with Crippen LogP contribution in [0.4, 0.5) is 5.95 Å². The normalized spacial score (nSPS) is 15.1. The Kier molecular flexibility index (Phi) is 7.57. The molecule has 1 aliphatic rings. The van der Waals surface area contributed by atoms with Gasteiger partial charge in [0.25, 0.3) is 0 Å². The Morgan fingerprint density at radius 3 is 2.62 bits per heavy atom. The van der Waals surface area contributed by atoms with E-state index in [4.69, 9.17) is 14.6 Å². The lowest BCUT2D eigenvalue weighted by molar-refractivity contribution is -0.143. The first kappa shape index (κ1) is 23.9. The van der Waals surface area contributed by atoms with Gasteiger partial charge in [-0.3, -0.25) is 0 Å². The van der Waals surface area contributed by atoms with Gasteiger partial charge in [-0.1, -0.05) is 67.2 Å². The maximum absolute atomic E-state index is 13.3. The maximum Gasteiger partial charge on any atom is 0.338 e. The van der Waals surface area contributed by atoms with Gasteiger partial charge in [-0.05, 0) is 38.8 Å². The van der Waals surface area contributed by atoms with Crippen molar-refractivity contribution in [3.63, 3.8) is 0 Å². The molecule has 1 unspecified atom stereocenters. The van der Waals surface area contributed by atoms with Crippen LogP contribution in [-0.2, 0) is 16.1 Å². The number of anilines is 1. The standard InChI is InChI=1S/C26H30N4O3S/c1-5-15-34-26-28-25-27-18(4)22(24(31)33-17(2)3)23(30(25)29-26)20-13-9-10-14-21(20)32-16-19-11-7-6-8-12-19/h6-14,17,23H,5,15-16H2,1-4H3,(H,27,28,29). The van der Waals surface area contributed by atoms with Gasteiger partial charge < -0.3 is 14.8 Å². The van der Waals surface area contributed by atoms with E-state index >= 15 is 0 Å². The first-order valence-corrected chi connectivity index (χ1v) is 12.5. The first-order valence-electron chi connectivity index (χ1n) is 11.5. The van der Waals surface area contributed by atoms with Crippen LogP contribution in [0.5, 0.6) is 5.75 Å². The van der Waals surface area contributed by atoms with Crippen LogP contribution in [0.15, 0.2) is 71.0 Å². The van der Waals surface area contributed by atoms with Gasteiger partial charge >= 0.3 is 5.97 Å². The molecule has 1 aromatic heterocycles. The van der Waals surface area contributed by atoms with E-state index in [9.17, 15) is 4.79 Å². The number of carbonyl (C=O) groups excluding carboxylic acids is 1. The third-order valence-electron chi connectivity index (χ3n) is 5.28. The number of hydrogen-bond donors (Lipinski definition) is 1. The van der Waals surface area contributed by atoms with Gasteiger partial charge in [0, 0.05) is 17.0 Å². The Morgan fingerprint density at radius 2 is 1.88 bits per heavy atom. The number of aromatic nitrogens is 3. The lowest BCUT2D eigenvalue weighted by Crippen LogP contribution is -2.31. The second-order valence-corrected chi connectivity index (χ2v) is 9.41. The fourth-order valence-electron chi connectivity index (χ4n) is 3.79. The predicted octanol–water partition coefficient (Wildman–Crippen LogP) is 5.60. The second-order valence-electron chi connectivity index (χ2n) is 8.34. The highest BCUT2D eigenvalue weighted by molar-refractivity contribution is 7.99. The van der Waals surface area contributed by atoms with Crippen molar-refractivity contribution in [1.82, 2.24) is 14.8 Å². The summed E-state index contributed by atoms with van der Waals surface area (Å²) in [5.41, 5.74) is 3.08. The Bertz CT molecular complexity index is 1170. The zero-order valence-electron chi connectivity index (χ0n) is 19.9. The number of thioether (sulfide) groups is 1. The smallest absolute Gasteiger partial charge is 0.338 e. The summed E-state index contributed by atoms with van der Waals surface area (Å²) in [4.78, 5) is 17.9. The lowest BCUT2D eigenvalue weighted by Gasteiger charge is -2.29. The molecular formula is C26H30N4O3S. The van der Waals surface area contributed by atoms with Crippen molar-refractivity contribution in [2.75, 3.05) is 11.1 Å². The highest BCUT2D eigenvalue weighted by atomic mass is 32.2. The second kappa shape index (κ2) is 10.8. The number of para-hydroxylation sites is 1. The molecule has 0 amide bonds. The number of nitrogens with zero attached hydrogens (tertiary/aromatic N) is 3. The van der Waals surface area contributed by atoms with Gasteiger partial charge in [-0.15, -0.1) is 5.10 Å². The summed E-state index contributed by atoms with van der Waals surface area (Å²) in [6, 6.07) is 17.2. The number of nitrogens with one attached hydrogen (secondary N) is 1. The van der Waals surface area contributed by atoms with Crippen molar-refractivity contribution in [3.8, 4) is 5.75 Å². The summed E-state index contributed by atoms with van der Waals surface area (Å²) in [6.45, 7) is 8.09. The number of ether oxygens (including phenoxy) is 2. The molecule has 3 aromatic rings. The van der Waals surface area contributed by atoms with E-state index < -0.39 is 6.04 Å². The minimum atomic E-state index is -0.530. The Hall–Kier alpha value is -3.26. The van der Waals surface area contributed by atoms with E-state index in [1.807, 2.05) is 75.4 Å². The van der Waals surface area contributed by atoms with E-state index in [2.05, 4.69) is 17.2 Å². The van der Waals surface area contributed by atoms with Gasteiger partial charge in [-0.25, -0.2) is 9.48 Å². The van der Waals surface area contributed by atoms with E-state index in [0.29, 0.717) is 34.7 Å². The van der Waals surface area contributed by atoms with Crippen molar-refractivity contribution in [3.05, 3.63) is 77.0 Å². The molecule has 0 saturated carbocycles. The van der Waals surface area contributed by atoms with Gasteiger partial charge in [-0.2, -0.15) is 4.98 Å². The highest BCUT2D eigenvalue weighted by Crippen LogP contribution is 2.40. The molecule has 8 heteroatoms. The van der Waals surface area contributed by atoms with Crippen molar-refractivity contribution in [1.29, 1.82) is 0 Å². The highest BCUT2D eigenvalue weighted by Gasteiger charge is 2.37. The summed E-state index contributed by atoms with van der Waals surface area (Å²) >= 11 is 1.60. The zero-order valence-corrected chi connectivity index (χ0v) is 20.8. The summed E-state index contributed by atoms with van der Waals surface area (Å²) in [7, 11) is 0. The van der Waals surface area contributed by atoms with Crippen molar-refractivity contribution in [2.45, 2.75) is 58.0 Å². The number of fused-ring (bicyclic) bond motifs is 1. The maximum atomic E-state index is 13.3. The fourth-order valence-corrected chi connectivity index (χ4v) is 4.47. The monoisotopic (exact) mass is 478 g/mol. The van der Waals surface area contributed by atoms with Crippen LogP contribution in [-0.4, -0.2) is 32.6 Å². The molecule has 0 spiro atoms. The van der Waals surface area contributed by atoms with Gasteiger partial charge in [0.05, 0.1) is 11.7 Å². The molecular weight excluding hydrogens is 448 g/mol. The van der Waals surface area contributed by atoms with Gasteiger partial charge in [0.2, 0.25) is 11.1 Å². The minimum Gasteiger partial charge on any atom is -0.489 e. The van der Waals surface area contributed by atoms with E-state index in [-0.39, 0.29) is 12.1 Å². The van der Waals surface area contributed by atoms with Crippen LogP contribution < -0.4 is 10.1 Å². The molecule has 0 aliphatic carbocycles. The van der Waals surface area contributed by atoms with E-state index in [0.717, 1.165) is 23.3 Å². The van der Waals surface area contributed by atoms with Gasteiger partial charge in [0.15, 0.2) is 0 Å². The molecule has 0 saturated heterocycles. The fraction of sp³-hybridized carbons (Fsp3) is 0.346. The quantitative estimate of drug-likeness (QED) is 0.317. The van der Waals surface area contributed by atoms with Crippen molar-refractivity contribution < 1.29 is 14.3 Å². The lowest BCUT2D eigenvalue weighted by atomic mass is 9.95. The number of allylic oxidation sites excluding steroid dienone is 1. The number of rotatable bonds is 9. The summed E-state index contributed by atoms with van der Waals surface area (Å²) < 4.78 is 13.6. The molecule has 34 heavy (non-hydrogen) atoms. The average Bonchev–Trinajstić information content (AvgIpc) is 3.23. The summed E-state index contributed by atoms with van der Waals surface area (Å²) in [6.07, 6.45) is 0.774. The van der Waals surface area contributed by atoms with E-state index in [1.54, 1.807) is 16.4 Å². The molecule has 0 radical (unpaired) electrons. The first-order chi connectivity index (χ1) is 16.5. The Balaban J connectivity index is 1.76. The molecule has 2 aromatic carbocycles. The van der Waals surface area contributed by atoms with Crippen LogP contribution >= 0.6 is 11.8 Å². The number of hydrogen-bond acceptors (Lipinski definition) is 7. The van der Waals surface area contributed by atoms with E-state index in [1.165, 1.54) is 0 Å². The summed E-state index contributed by atoms with van der Waals surface area (Å²) in [5.74, 6) is 1.82. The zero-order chi connectivity index (χ0) is 24.1. The SMILES string of the molecule is CCCSc1nc2n(n1)C(c1ccccc1OCc1ccccc1)C(C(=O)OC(C)C)=C(C)N2. The predicted molar refractivity (Wildman–Crippen MR) is 134 cm³/mol. The molecule has 178 valence electrons. The third-order valence-corrected chi connectivity index (χ3v) is 6.33. The van der Waals surface area contributed by atoms with Crippen LogP contribution in [0.2, 0.25) is 0 Å². The number of benzene rings is 2.